The lowest BCUT2D eigenvalue weighted by atomic mass is 10.0. The molecule has 0 radical (unpaired) electrons. The van der Waals surface area contributed by atoms with Crippen molar-refractivity contribution in [1.82, 2.24) is 28.2 Å². The Balaban J connectivity index is 0.000000186. The Kier molecular flexibility index (Phi) is 14.9. The van der Waals surface area contributed by atoms with Crippen molar-refractivity contribution >= 4 is 55.0 Å². The molecule has 0 saturated carbocycles. The van der Waals surface area contributed by atoms with Gasteiger partial charge in [-0.3, -0.25) is 18.7 Å². The quantitative estimate of drug-likeness (QED) is 0.0948. The molecule has 400 valence electrons. The van der Waals surface area contributed by atoms with Crippen LogP contribution >= 0.6 is 22.7 Å². The largest absolute Gasteiger partial charge is 0.496 e. The van der Waals surface area contributed by atoms with Crippen LogP contribution < -0.4 is 32.0 Å². The van der Waals surface area contributed by atoms with Crippen LogP contribution in [-0.2, 0) is 52.7 Å². The Morgan fingerprint density at radius 2 is 1.01 bits per heavy atom. The van der Waals surface area contributed by atoms with Gasteiger partial charge in [-0.05, 0) is 64.8 Å². The standard InChI is InChI=1S/2C26H27N3O8S/c2*1-14-19-22(30)29(26(2,3)24(31)32)25(33)28(23(19)38-20(14)21-27-9-10-36-21)11-18(37-15-12-35-13-15)16-7-5-6-8-17(16)34-4/h2*5-10,15,18H,11-13H2,1-4H3,(H,31,32)/t2*18-/m10/s1. The molecule has 22 nitrogen and oxygen atoms in total. The van der Waals surface area contributed by atoms with Gasteiger partial charge in [-0.15, -0.1) is 22.7 Å². The van der Waals surface area contributed by atoms with Crippen LogP contribution in [0.2, 0.25) is 0 Å². The number of ether oxygens (including phenoxy) is 6. The predicted octanol–water partition coefficient (Wildman–Crippen LogP) is 6.35. The molecule has 2 aliphatic rings. The average Bonchev–Trinajstić information content (AvgIpc) is 4.21. The Hall–Kier alpha value is -7.48. The SMILES string of the molecule is COc1ccccc1[C@@H](Cn1c(=O)n(C(C)(C)C(=O)O)c(=O)c2c(C)c(-c3ncco3)sc21)OC1COC1.COc1ccccc1[C@H](Cn1c(=O)n(C(C)(C)C(=O)O)c(=O)c2c(C)c(-c3ncco3)sc21)OC1COC1. The van der Waals surface area contributed by atoms with Crippen LogP contribution in [0.4, 0.5) is 0 Å². The number of nitrogens with zero attached hydrogens (tertiary/aromatic N) is 6. The van der Waals surface area contributed by atoms with Crippen LogP contribution in [0.5, 0.6) is 11.5 Å². The molecular weight excluding hydrogens is 1030 g/mol. The van der Waals surface area contributed by atoms with Crippen molar-refractivity contribution in [2.24, 2.45) is 0 Å². The van der Waals surface area contributed by atoms with Crippen molar-refractivity contribution in [3.63, 3.8) is 0 Å². The number of carboxylic acid groups (broad SMARTS) is 2. The molecule has 8 heterocycles. The van der Waals surface area contributed by atoms with Crippen molar-refractivity contribution in [2.45, 2.75) is 90.1 Å². The molecule has 8 aromatic rings. The summed E-state index contributed by atoms with van der Waals surface area (Å²) in [5.74, 6) is -0.876. The molecule has 2 aromatic carbocycles. The number of rotatable bonds is 18. The maximum atomic E-state index is 14.0. The van der Waals surface area contributed by atoms with Crippen molar-refractivity contribution in [3.8, 4) is 33.0 Å². The summed E-state index contributed by atoms with van der Waals surface area (Å²) in [6.45, 7) is 10.4. The fourth-order valence-corrected chi connectivity index (χ4v) is 11.4. The van der Waals surface area contributed by atoms with Gasteiger partial charge in [-0.2, -0.15) is 0 Å². The number of methoxy groups -OCH3 is 2. The van der Waals surface area contributed by atoms with Crippen LogP contribution in [0.25, 0.3) is 42.0 Å². The van der Waals surface area contributed by atoms with Gasteiger partial charge in [0.15, 0.2) is 0 Å². The van der Waals surface area contributed by atoms with Crippen LogP contribution in [0.15, 0.2) is 101 Å². The van der Waals surface area contributed by atoms with E-state index in [2.05, 4.69) is 9.97 Å². The first-order chi connectivity index (χ1) is 36.3. The number of hydrogen-bond acceptors (Lipinski definition) is 18. The zero-order valence-corrected chi connectivity index (χ0v) is 44.2. The predicted molar refractivity (Wildman–Crippen MR) is 278 cm³/mol. The van der Waals surface area contributed by atoms with Crippen molar-refractivity contribution in [3.05, 3.63) is 137 Å². The number of benzene rings is 2. The maximum Gasteiger partial charge on any atom is 0.333 e. The summed E-state index contributed by atoms with van der Waals surface area (Å²) < 4.78 is 49.8. The molecule has 2 N–H and O–H groups in total. The number of aromatic nitrogens is 6. The molecule has 24 heteroatoms. The van der Waals surface area contributed by atoms with Crippen LogP contribution in [0.3, 0.4) is 0 Å². The highest BCUT2D eigenvalue weighted by Gasteiger charge is 2.39. The highest BCUT2D eigenvalue weighted by molar-refractivity contribution is 7.22. The Bertz CT molecular complexity index is 3470. The summed E-state index contributed by atoms with van der Waals surface area (Å²) in [6, 6.07) is 14.6. The molecule has 10 rings (SSSR count). The van der Waals surface area contributed by atoms with E-state index in [0.29, 0.717) is 91.4 Å². The highest BCUT2D eigenvalue weighted by Crippen LogP contribution is 2.40. The van der Waals surface area contributed by atoms with E-state index in [1.807, 2.05) is 36.4 Å². The topological polar surface area (TPSA) is 270 Å². The lowest BCUT2D eigenvalue weighted by molar-refractivity contribution is -0.159. The summed E-state index contributed by atoms with van der Waals surface area (Å²) >= 11 is 2.37. The summed E-state index contributed by atoms with van der Waals surface area (Å²) in [4.78, 5) is 90.1. The highest BCUT2D eigenvalue weighted by atomic mass is 32.1. The number of carbonyl (C=O) groups is 2. The first kappa shape index (κ1) is 53.3. The number of aryl methyl sites for hydroxylation is 2. The summed E-state index contributed by atoms with van der Waals surface area (Å²) in [5.41, 5.74) is -4.03. The van der Waals surface area contributed by atoms with Gasteiger partial charge in [0.1, 0.15) is 69.2 Å². The van der Waals surface area contributed by atoms with E-state index >= 15 is 0 Å². The third-order valence-electron chi connectivity index (χ3n) is 13.4. The van der Waals surface area contributed by atoms with E-state index < -0.39 is 57.7 Å². The van der Waals surface area contributed by atoms with Gasteiger partial charge >= 0.3 is 23.3 Å². The zero-order chi connectivity index (χ0) is 54.4. The van der Waals surface area contributed by atoms with Gasteiger partial charge in [-0.25, -0.2) is 38.3 Å². The molecule has 0 bridgehead atoms. The molecule has 6 aromatic heterocycles. The fourth-order valence-electron chi connectivity index (χ4n) is 8.95. The summed E-state index contributed by atoms with van der Waals surface area (Å²) in [7, 11) is 3.10. The third-order valence-corrected chi connectivity index (χ3v) is 16.0. The average molecular weight is 1080 g/mol. The van der Waals surface area contributed by atoms with E-state index in [0.717, 1.165) is 9.13 Å². The van der Waals surface area contributed by atoms with Crippen molar-refractivity contribution in [1.29, 1.82) is 0 Å². The molecule has 76 heavy (non-hydrogen) atoms. The monoisotopic (exact) mass is 1080 g/mol. The second kappa shape index (κ2) is 21.3. The van der Waals surface area contributed by atoms with E-state index in [4.69, 9.17) is 37.3 Å². The fraction of sp³-hybridized carbons (Fsp3) is 0.385. The second-order valence-electron chi connectivity index (χ2n) is 19.0. The van der Waals surface area contributed by atoms with Crippen LogP contribution in [0.1, 0.15) is 62.2 Å². The molecule has 0 aliphatic carbocycles. The van der Waals surface area contributed by atoms with E-state index in [-0.39, 0.29) is 36.1 Å². The Morgan fingerprint density at radius 3 is 1.32 bits per heavy atom. The van der Waals surface area contributed by atoms with E-state index in [1.165, 1.54) is 84.4 Å². The second-order valence-corrected chi connectivity index (χ2v) is 21.0. The zero-order valence-electron chi connectivity index (χ0n) is 42.6. The molecule has 2 aliphatic heterocycles. The maximum absolute atomic E-state index is 14.0. The van der Waals surface area contributed by atoms with Crippen molar-refractivity contribution < 1.29 is 57.1 Å². The van der Waals surface area contributed by atoms with Gasteiger partial charge in [0.2, 0.25) is 11.8 Å². The Labute approximate surface area is 439 Å². The van der Waals surface area contributed by atoms with Gasteiger partial charge in [-0.1, -0.05) is 36.4 Å². The van der Waals surface area contributed by atoms with E-state index in [9.17, 15) is 39.0 Å². The lowest BCUT2D eigenvalue weighted by Crippen LogP contribution is -2.52. The molecule has 0 unspecified atom stereocenters. The molecule has 2 fully saturated rings. The summed E-state index contributed by atoms with van der Waals surface area (Å²) in [6.07, 6.45) is 4.12. The van der Waals surface area contributed by atoms with Crippen molar-refractivity contribution in [2.75, 3.05) is 40.6 Å². The molecule has 2 atom stereocenters. The lowest BCUT2D eigenvalue weighted by Gasteiger charge is -2.32. The molecule has 0 amide bonds. The number of oxazole rings is 2. The minimum absolute atomic E-state index is 0.00678. The minimum Gasteiger partial charge on any atom is -0.496 e. The van der Waals surface area contributed by atoms with Gasteiger partial charge < -0.3 is 47.5 Å². The molecular formula is C52H54N6O16S2. The molecule has 2 saturated heterocycles. The van der Waals surface area contributed by atoms with Gasteiger partial charge in [0.05, 0.1) is 86.7 Å². The molecule has 0 spiro atoms. The first-order valence-electron chi connectivity index (χ1n) is 23.9. The Morgan fingerprint density at radius 1 is 0.645 bits per heavy atom. The number of aliphatic carboxylic acids is 2. The first-order valence-corrected chi connectivity index (χ1v) is 25.5. The van der Waals surface area contributed by atoms with Gasteiger partial charge in [0, 0.05) is 11.1 Å². The number of para-hydroxylation sites is 2. The van der Waals surface area contributed by atoms with Crippen LogP contribution in [0, 0.1) is 13.8 Å². The smallest absolute Gasteiger partial charge is 0.333 e. The summed E-state index contributed by atoms with van der Waals surface area (Å²) in [5, 5.41) is 20.3. The number of carboxylic acids is 2. The minimum atomic E-state index is -1.82. The number of hydrogen-bond donors (Lipinski definition) is 2. The normalized spacial score (nSPS) is 14.9. The third kappa shape index (κ3) is 9.59. The van der Waals surface area contributed by atoms with E-state index in [1.54, 1.807) is 40.2 Å². The number of thiophene rings is 2. The van der Waals surface area contributed by atoms with Crippen LogP contribution in [-0.4, -0.2) is 103 Å². The number of fused-ring (bicyclic) bond motifs is 2. The van der Waals surface area contributed by atoms with Gasteiger partial charge in [0.25, 0.3) is 11.1 Å².